The van der Waals surface area contributed by atoms with Crippen molar-refractivity contribution in [3.05, 3.63) is 47.7 Å². The summed E-state index contributed by atoms with van der Waals surface area (Å²) in [5.74, 6) is -1.03. The van der Waals surface area contributed by atoms with Crippen molar-refractivity contribution in [3.63, 3.8) is 0 Å². The van der Waals surface area contributed by atoms with E-state index in [1.54, 1.807) is 30.1 Å². The first-order valence-corrected chi connectivity index (χ1v) is 9.49. The molecule has 152 valence electrons. The van der Waals surface area contributed by atoms with Gasteiger partial charge in [0.25, 0.3) is 0 Å². The monoisotopic (exact) mass is 398 g/mol. The van der Waals surface area contributed by atoms with Gasteiger partial charge in [-0.1, -0.05) is 12.1 Å². The van der Waals surface area contributed by atoms with Crippen LogP contribution in [0.2, 0.25) is 0 Å². The Balaban J connectivity index is 1.82. The van der Waals surface area contributed by atoms with E-state index in [2.05, 4.69) is 15.0 Å². The average molecular weight is 398 g/mol. The van der Waals surface area contributed by atoms with Crippen molar-refractivity contribution in [1.29, 1.82) is 0 Å². The van der Waals surface area contributed by atoms with Crippen molar-refractivity contribution >= 4 is 16.9 Å². The number of aromatic nitrogens is 3. The number of hydrogen-bond donors (Lipinski definition) is 0. The quantitative estimate of drug-likeness (QED) is 0.630. The second kappa shape index (κ2) is 7.88. The Morgan fingerprint density at radius 2 is 2.24 bits per heavy atom. The molecule has 29 heavy (non-hydrogen) atoms. The molecule has 1 atom stereocenters. The standard InChI is InChI=1S/C21H23FN4O3/c1-13-10-26(6-7-29-13)12-14-4-5-16-17(15-9-23-25(2)11-15)8-18(21(27)28-3)24-20(16)19(14)22/h4-5,8-9,11,13H,6-7,10,12H2,1-3H3/t13-/m1/s1. The smallest absolute Gasteiger partial charge is 0.356 e. The summed E-state index contributed by atoms with van der Waals surface area (Å²) in [5.41, 5.74) is 2.23. The molecule has 1 fully saturated rings. The molecule has 0 N–H and O–H groups in total. The van der Waals surface area contributed by atoms with Gasteiger partial charge in [-0.3, -0.25) is 9.58 Å². The van der Waals surface area contributed by atoms with Gasteiger partial charge < -0.3 is 9.47 Å². The highest BCUT2D eigenvalue weighted by Gasteiger charge is 2.21. The van der Waals surface area contributed by atoms with Gasteiger partial charge in [-0.2, -0.15) is 5.10 Å². The first-order valence-electron chi connectivity index (χ1n) is 9.49. The SMILES string of the molecule is COC(=O)c1cc(-c2cnn(C)c2)c2ccc(CN3CCO[C@H](C)C3)c(F)c2n1. The van der Waals surface area contributed by atoms with Gasteiger partial charge in [0.2, 0.25) is 0 Å². The molecule has 0 aliphatic carbocycles. The number of benzene rings is 1. The minimum Gasteiger partial charge on any atom is -0.464 e. The number of carbonyl (C=O) groups excluding carboxylic acids is 1. The number of ether oxygens (including phenoxy) is 2. The molecule has 0 bridgehead atoms. The second-order valence-electron chi connectivity index (χ2n) is 7.30. The molecule has 2 aromatic heterocycles. The third-order valence-corrected chi connectivity index (χ3v) is 5.13. The predicted octanol–water partition coefficient (Wildman–Crippen LogP) is 2.78. The van der Waals surface area contributed by atoms with Crippen LogP contribution in [-0.4, -0.2) is 58.5 Å². The summed E-state index contributed by atoms with van der Waals surface area (Å²) < 4.78 is 27.5. The molecule has 0 amide bonds. The number of hydrogen-bond acceptors (Lipinski definition) is 6. The van der Waals surface area contributed by atoms with Crippen LogP contribution in [0.4, 0.5) is 4.39 Å². The fraction of sp³-hybridized carbons (Fsp3) is 0.381. The van der Waals surface area contributed by atoms with Crippen LogP contribution < -0.4 is 0 Å². The van der Waals surface area contributed by atoms with Crippen LogP contribution in [0.1, 0.15) is 23.0 Å². The topological polar surface area (TPSA) is 69.5 Å². The van der Waals surface area contributed by atoms with Crippen LogP contribution >= 0.6 is 0 Å². The molecule has 0 saturated carbocycles. The van der Waals surface area contributed by atoms with Gasteiger partial charge in [0, 0.05) is 49.4 Å². The van der Waals surface area contributed by atoms with Crippen molar-refractivity contribution in [1.82, 2.24) is 19.7 Å². The predicted molar refractivity (Wildman–Crippen MR) is 106 cm³/mol. The van der Waals surface area contributed by atoms with Gasteiger partial charge in [0.05, 0.1) is 26.0 Å². The first kappa shape index (κ1) is 19.5. The maximum Gasteiger partial charge on any atom is 0.356 e. The number of carbonyl (C=O) groups is 1. The van der Waals surface area contributed by atoms with Crippen molar-refractivity contribution in [2.45, 2.75) is 19.6 Å². The number of rotatable bonds is 4. The fourth-order valence-corrected chi connectivity index (χ4v) is 3.71. The van der Waals surface area contributed by atoms with Crippen molar-refractivity contribution in [2.75, 3.05) is 26.8 Å². The highest BCUT2D eigenvalue weighted by Crippen LogP contribution is 2.31. The Morgan fingerprint density at radius 3 is 2.93 bits per heavy atom. The molecule has 3 aromatic rings. The van der Waals surface area contributed by atoms with E-state index in [0.717, 1.165) is 18.7 Å². The summed E-state index contributed by atoms with van der Waals surface area (Å²) in [6, 6.07) is 5.26. The Labute approximate surface area is 168 Å². The van der Waals surface area contributed by atoms with Gasteiger partial charge >= 0.3 is 5.97 Å². The summed E-state index contributed by atoms with van der Waals surface area (Å²) in [4.78, 5) is 18.6. The summed E-state index contributed by atoms with van der Waals surface area (Å²) in [6.07, 6.45) is 3.61. The molecule has 3 heterocycles. The van der Waals surface area contributed by atoms with E-state index < -0.39 is 11.8 Å². The highest BCUT2D eigenvalue weighted by atomic mass is 19.1. The summed E-state index contributed by atoms with van der Waals surface area (Å²) in [7, 11) is 3.08. The zero-order chi connectivity index (χ0) is 20.5. The molecule has 0 spiro atoms. The van der Waals surface area contributed by atoms with Gasteiger partial charge in [-0.25, -0.2) is 14.2 Å². The van der Waals surface area contributed by atoms with Crippen LogP contribution in [0.15, 0.2) is 30.6 Å². The number of fused-ring (bicyclic) bond motifs is 1. The van der Waals surface area contributed by atoms with E-state index in [9.17, 15) is 4.79 Å². The molecule has 0 unspecified atom stereocenters. The van der Waals surface area contributed by atoms with Gasteiger partial charge in [0.15, 0.2) is 5.82 Å². The summed E-state index contributed by atoms with van der Waals surface area (Å²) in [5, 5.41) is 4.81. The minimum absolute atomic E-state index is 0.0647. The first-order chi connectivity index (χ1) is 14.0. The van der Waals surface area contributed by atoms with Gasteiger partial charge in [-0.15, -0.1) is 0 Å². The Bertz CT molecular complexity index is 1070. The van der Waals surface area contributed by atoms with Crippen LogP contribution in [0.3, 0.4) is 0 Å². The molecule has 1 saturated heterocycles. The molecule has 4 rings (SSSR count). The Morgan fingerprint density at radius 1 is 1.41 bits per heavy atom. The lowest BCUT2D eigenvalue weighted by molar-refractivity contribution is -0.0214. The van der Waals surface area contributed by atoms with E-state index in [0.29, 0.717) is 29.7 Å². The third-order valence-electron chi connectivity index (χ3n) is 5.13. The number of halogens is 1. The number of pyridine rings is 1. The number of nitrogens with zero attached hydrogens (tertiary/aromatic N) is 4. The Hall–Kier alpha value is -2.84. The lowest BCUT2D eigenvalue weighted by atomic mass is 10.0. The molecule has 1 aliphatic rings. The maximum atomic E-state index is 15.5. The number of aryl methyl sites for hydroxylation is 1. The van der Waals surface area contributed by atoms with Crippen molar-refractivity contribution in [2.24, 2.45) is 7.05 Å². The Kier molecular flexibility index (Phi) is 5.29. The van der Waals surface area contributed by atoms with E-state index in [-0.39, 0.29) is 17.3 Å². The lowest BCUT2D eigenvalue weighted by Gasteiger charge is -2.31. The van der Waals surface area contributed by atoms with E-state index >= 15 is 4.39 Å². The fourth-order valence-electron chi connectivity index (χ4n) is 3.71. The summed E-state index contributed by atoms with van der Waals surface area (Å²) in [6.45, 7) is 4.59. The van der Waals surface area contributed by atoms with Gasteiger partial charge in [-0.05, 0) is 18.6 Å². The van der Waals surface area contributed by atoms with Crippen molar-refractivity contribution < 1.29 is 18.7 Å². The van der Waals surface area contributed by atoms with Crippen LogP contribution in [0, 0.1) is 5.82 Å². The maximum absolute atomic E-state index is 15.5. The molecule has 8 heteroatoms. The van der Waals surface area contributed by atoms with E-state index in [1.807, 2.05) is 19.2 Å². The summed E-state index contributed by atoms with van der Waals surface area (Å²) >= 11 is 0. The average Bonchev–Trinajstić information content (AvgIpc) is 3.15. The lowest BCUT2D eigenvalue weighted by Crippen LogP contribution is -2.40. The molecule has 1 aromatic carbocycles. The largest absolute Gasteiger partial charge is 0.464 e. The third kappa shape index (κ3) is 3.86. The van der Waals surface area contributed by atoms with Crippen LogP contribution in [-0.2, 0) is 23.1 Å². The van der Waals surface area contributed by atoms with Gasteiger partial charge in [0.1, 0.15) is 11.2 Å². The zero-order valence-corrected chi connectivity index (χ0v) is 16.7. The minimum atomic E-state index is -0.608. The molecule has 1 aliphatic heterocycles. The number of morpholine rings is 1. The zero-order valence-electron chi connectivity index (χ0n) is 16.7. The molecular formula is C21H23FN4O3. The molecule has 7 nitrogen and oxygen atoms in total. The highest BCUT2D eigenvalue weighted by molar-refractivity contribution is 5.99. The van der Waals surface area contributed by atoms with Crippen molar-refractivity contribution in [3.8, 4) is 11.1 Å². The number of methoxy groups -OCH3 is 1. The van der Waals surface area contributed by atoms with E-state index in [4.69, 9.17) is 9.47 Å². The van der Waals surface area contributed by atoms with Crippen LogP contribution in [0.25, 0.3) is 22.0 Å². The van der Waals surface area contributed by atoms with E-state index in [1.165, 1.54) is 7.11 Å². The normalized spacial score (nSPS) is 17.6. The second-order valence-corrected chi connectivity index (χ2v) is 7.30. The number of esters is 1. The molecule has 0 radical (unpaired) electrons. The molecular weight excluding hydrogens is 375 g/mol. The van der Waals surface area contributed by atoms with Crippen LogP contribution in [0.5, 0.6) is 0 Å².